The van der Waals surface area contributed by atoms with Crippen molar-refractivity contribution in [3.63, 3.8) is 0 Å². The molecule has 0 aliphatic carbocycles. The number of benzene rings is 1. The third-order valence-electron chi connectivity index (χ3n) is 3.60. The minimum Gasteiger partial charge on any atom is -0.465 e. The summed E-state index contributed by atoms with van der Waals surface area (Å²) in [4.78, 5) is 25.8. The lowest BCUT2D eigenvalue weighted by molar-refractivity contribution is -0.135. The number of para-hydroxylation sites is 1. The monoisotopic (exact) mass is 325 g/mol. The van der Waals surface area contributed by atoms with Gasteiger partial charge in [-0.05, 0) is 36.1 Å². The highest BCUT2D eigenvalue weighted by Crippen LogP contribution is 2.23. The molecule has 2 aromatic heterocycles. The molecule has 0 aliphatic rings. The van der Waals surface area contributed by atoms with E-state index in [-0.39, 0.29) is 5.57 Å². The van der Waals surface area contributed by atoms with E-state index in [2.05, 4.69) is 0 Å². The van der Waals surface area contributed by atoms with Gasteiger partial charge in [-0.25, -0.2) is 4.79 Å². The van der Waals surface area contributed by atoms with Gasteiger partial charge in [0.15, 0.2) is 0 Å². The van der Waals surface area contributed by atoms with Gasteiger partial charge in [-0.1, -0.05) is 24.3 Å². The number of hydrogen-bond acceptors (Lipinski definition) is 4. The number of fused-ring (bicyclic) bond motifs is 1. The molecule has 0 amide bonds. The van der Waals surface area contributed by atoms with Gasteiger partial charge in [0.2, 0.25) is 0 Å². The van der Waals surface area contributed by atoms with Crippen molar-refractivity contribution in [1.82, 2.24) is 4.57 Å². The molecule has 23 heavy (non-hydrogen) atoms. The Kier molecular flexibility index (Phi) is 4.12. The molecule has 5 heteroatoms. The van der Waals surface area contributed by atoms with E-state index in [1.807, 2.05) is 48.7 Å². The van der Waals surface area contributed by atoms with E-state index in [4.69, 9.17) is 4.74 Å². The highest BCUT2D eigenvalue weighted by Gasteiger charge is 2.22. The summed E-state index contributed by atoms with van der Waals surface area (Å²) in [5.41, 5.74) is 1.76. The number of esters is 1. The van der Waals surface area contributed by atoms with Crippen LogP contribution in [-0.2, 0) is 9.53 Å². The predicted octanol–water partition coefficient (Wildman–Crippen LogP) is 3.91. The van der Waals surface area contributed by atoms with Gasteiger partial charge in [-0.2, -0.15) is 0 Å². The zero-order valence-electron chi connectivity index (χ0n) is 12.8. The molecule has 0 unspecified atom stereocenters. The number of rotatable bonds is 3. The summed E-state index contributed by atoms with van der Waals surface area (Å²) < 4.78 is 6.29. The van der Waals surface area contributed by atoms with Crippen LogP contribution in [-0.4, -0.2) is 23.6 Å². The lowest BCUT2D eigenvalue weighted by Gasteiger charge is -2.07. The number of carbonyl (C=O) groups is 2. The lowest BCUT2D eigenvalue weighted by atomic mass is 10.2. The molecule has 2 heterocycles. The van der Waals surface area contributed by atoms with Gasteiger partial charge in [-0.15, -0.1) is 11.3 Å². The van der Waals surface area contributed by atoms with Crippen molar-refractivity contribution >= 4 is 40.2 Å². The van der Waals surface area contributed by atoms with Crippen LogP contribution in [0.5, 0.6) is 0 Å². The molecule has 0 fully saturated rings. The Bertz CT molecular complexity index is 904. The third-order valence-corrected chi connectivity index (χ3v) is 4.41. The Morgan fingerprint density at radius 1 is 1.17 bits per heavy atom. The fourth-order valence-corrected chi connectivity index (χ4v) is 3.14. The van der Waals surface area contributed by atoms with E-state index < -0.39 is 11.9 Å². The molecule has 0 radical (unpaired) electrons. The molecule has 1 aromatic carbocycles. The molecule has 3 rings (SSSR count). The molecule has 4 nitrogen and oxygen atoms in total. The Morgan fingerprint density at radius 2 is 1.96 bits per heavy atom. The van der Waals surface area contributed by atoms with Gasteiger partial charge >= 0.3 is 5.97 Å². The number of carbonyl (C=O) groups excluding carboxylic acids is 2. The summed E-state index contributed by atoms with van der Waals surface area (Å²) in [6.07, 6.45) is 3.32. The lowest BCUT2D eigenvalue weighted by Crippen LogP contribution is -2.19. The van der Waals surface area contributed by atoms with E-state index in [1.165, 1.54) is 23.0 Å². The second kappa shape index (κ2) is 6.22. The normalized spacial score (nSPS) is 11.7. The van der Waals surface area contributed by atoms with Crippen LogP contribution in [0.3, 0.4) is 0 Å². The van der Waals surface area contributed by atoms with Gasteiger partial charge in [0, 0.05) is 16.5 Å². The average molecular weight is 325 g/mol. The molecule has 0 N–H and O–H groups in total. The van der Waals surface area contributed by atoms with Crippen molar-refractivity contribution in [3.8, 4) is 0 Å². The number of thiophene rings is 1. The molecule has 3 aromatic rings. The van der Waals surface area contributed by atoms with Crippen LogP contribution in [0, 0.1) is 6.92 Å². The Balaban J connectivity index is 2.12. The average Bonchev–Trinajstić information content (AvgIpc) is 3.20. The van der Waals surface area contributed by atoms with Gasteiger partial charge in [-0.3, -0.25) is 9.36 Å². The number of nitrogens with zero attached hydrogens (tertiary/aromatic N) is 1. The first kappa shape index (κ1) is 15.2. The number of aryl methyl sites for hydroxylation is 1. The van der Waals surface area contributed by atoms with Gasteiger partial charge in [0.05, 0.1) is 12.6 Å². The second-order valence-corrected chi connectivity index (χ2v) is 6.05. The highest BCUT2D eigenvalue weighted by molar-refractivity contribution is 7.10. The van der Waals surface area contributed by atoms with Gasteiger partial charge < -0.3 is 4.74 Å². The van der Waals surface area contributed by atoms with E-state index in [0.29, 0.717) is 0 Å². The summed E-state index contributed by atoms with van der Waals surface area (Å²) in [6, 6.07) is 11.3. The van der Waals surface area contributed by atoms with E-state index in [1.54, 1.807) is 12.3 Å². The highest BCUT2D eigenvalue weighted by atomic mass is 32.1. The molecule has 0 saturated heterocycles. The number of hydrogen-bond donors (Lipinski definition) is 0. The van der Waals surface area contributed by atoms with Crippen molar-refractivity contribution in [2.45, 2.75) is 6.92 Å². The van der Waals surface area contributed by atoms with Crippen molar-refractivity contribution in [3.05, 3.63) is 64.0 Å². The van der Waals surface area contributed by atoms with E-state index >= 15 is 0 Å². The Labute approximate surface area is 137 Å². The minimum absolute atomic E-state index is 0.00991. The summed E-state index contributed by atoms with van der Waals surface area (Å²) in [6.45, 7) is 1.94. The first-order valence-corrected chi connectivity index (χ1v) is 7.94. The molecule has 0 atom stereocenters. The topological polar surface area (TPSA) is 48.3 Å². The summed E-state index contributed by atoms with van der Waals surface area (Å²) >= 11 is 1.45. The molecule has 0 spiro atoms. The fourth-order valence-electron chi connectivity index (χ4n) is 2.48. The number of ether oxygens (including phenoxy) is 1. The maximum absolute atomic E-state index is 12.9. The van der Waals surface area contributed by atoms with Crippen molar-refractivity contribution in [2.24, 2.45) is 0 Å². The smallest absolute Gasteiger partial charge is 0.343 e. The summed E-state index contributed by atoms with van der Waals surface area (Å²) in [5, 5.41) is 2.88. The van der Waals surface area contributed by atoms with Gasteiger partial charge in [0.25, 0.3) is 5.91 Å². The van der Waals surface area contributed by atoms with Crippen LogP contribution in [0.25, 0.3) is 17.0 Å². The van der Waals surface area contributed by atoms with Gasteiger partial charge in [0.1, 0.15) is 5.57 Å². The molecule has 0 saturated carbocycles. The predicted molar refractivity (Wildman–Crippen MR) is 91.6 cm³/mol. The molecule has 116 valence electrons. The standard InChI is InChI=1S/C18H15NO3S/c1-12-11-19(16-8-4-3-7-14(12)16)17(20)15(18(21)22-2)10-13-6-5-9-23-13/h3-11H,1-2H3/b15-10-. The van der Waals surface area contributed by atoms with Crippen molar-refractivity contribution in [2.75, 3.05) is 7.11 Å². The maximum atomic E-state index is 12.9. The van der Waals surface area contributed by atoms with Crippen LogP contribution in [0.15, 0.2) is 53.5 Å². The zero-order valence-corrected chi connectivity index (χ0v) is 13.6. The molecule has 0 bridgehead atoms. The van der Waals surface area contributed by atoms with Crippen LogP contribution in [0.4, 0.5) is 0 Å². The van der Waals surface area contributed by atoms with Crippen LogP contribution in [0.2, 0.25) is 0 Å². The molecule has 0 aliphatic heterocycles. The SMILES string of the molecule is COC(=O)/C(=C\c1cccs1)C(=O)n1cc(C)c2ccccc21. The first-order valence-electron chi connectivity index (χ1n) is 7.06. The number of methoxy groups -OCH3 is 1. The van der Waals surface area contributed by atoms with Crippen molar-refractivity contribution < 1.29 is 14.3 Å². The second-order valence-electron chi connectivity index (χ2n) is 5.07. The maximum Gasteiger partial charge on any atom is 0.343 e. The first-order chi connectivity index (χ1) is 11.1. The quantitative estimate of drug-likeness (QED) is 0.317. The molecular formula is C18H15NO3S. The van der Waals surface area contributed by atoms with Crippen LogP contribution in [0.1, 0.15) is 15.2 Å². The van der Waals surface area contributed by atoms with Crippen LogP contribution < -0.4 is 0 Å². The minimum atomic E-state index is -0.640. The third kappa shape index (κ3) is 2.83. The van der Waals surface area contributed by atoms with E-state index in [9.17, 15) is 9.59 Å². The Morgan fingerprint density at radius 3 is 2.65 bits per heavy atom. The summed E-state index contributed by atoms with van der Waals surface area (Å²) in [7, 11) is 1.27. The fraction of sp³-hybridized carbons (Fsp3) is 0.111. The largest absolute Gasteiger partial charge is 0.465 e. The number of aromatic nitrogens is 1. The molecular weight excluding hydrogens is 310 g/mol. The van der Waals surface area contributed by atoms with E-state index in [0.717, 1.165) is 21.3 Å². The van der Waals surface area contributed by atoms with Crippen molar-refractivity contribution in [1.29, 1.82) is 0 Å². The summed E-state index contributed by atoms with van der Waals surface area (Å²) in [5.74, 6) is -1.03. The zero-order chi connectivity index (χ0) is 16.4. The Hall–Kier alpha value is -2.66. The van der Waals surface area contributed by atoms with Crippen LogP contribution >= 0.6 is 11.3 Å².